The van der Waals surface area contributed by atoms with Crippen LogP contribution >= 0.6 is 0 Å². The first-order chi connectivity index (χ1) is 20.1. The van der Waals surface area contributed by atoms with E-state index >= 15 is 0 Å². The van der Waals surface area contributed by atoms with Crippen LogP contribution in [-0.2, 0) is 6.42 Å². The monoisotopic (exact) mass is 545 g/mol. The molecule has 2 aliphatic rings. The molecule has 0 saturated carbocycles. The van der Waals surface area contributed by atoms with Gasteiger partial charge in [0.15, 0.2) is 5.82 Å². The molecule has 7 nitrogen and oxygen atoms in total. The SMILES string of the molecule is O=C(O)c1ccc(-c2ccc(-c3ncc(N4CCN(CCc5ccccc5)CC4)cn3)cc2)cc1C1=CCNCC1. The number of rotatable bonds is 8. The molecule has 7 heteroatoms. The van der Waals surface area contributed by atoms with Crippen molar-refractivity contribution in [3.05, 3.63) is 108 Å². The first-order valence-corrected chi connectivity index (χ1v) is 14.4. The summed E-state index contributed by atoms with van der Waals surface area (Å²) in [5.41, 5.74) is 7.67. The Morgan fingerprint density at radius 1 is 0.854 bits per heavy atom. The fourth-order valence-electron chi connectivity index (χ4n) is 5.65. The van der Waals surface area contributed by atoms with E-state index in [1.54, 1.807) is 6.07 Å². The van der Waals surface area contributed by atoms with Crippen LogP contribution in [0.2, 0.25) is 0 Å². The van der Waals surface area contributed by atoms with Crippen LogP contribution in [0, 0.1) is 0 Å². The quantitative estimate of drug-likeness (QED) is 0.313. The van der Waals surface area contributed by atoms with Gasteiger partial charge in [0.2, 0.25) is 0 Å². The highest BCUT2D eigenvalue weighted by Crippen LogP contribution is 2.30. The van der Waals surface area contributed by atoms with Crippen molar-refractivity contribution in [2.45, 2.75) is 12.8 Å². The van der Waals surface area contributed by atoms with Crippen LogP contribution < -0.4 is 10.2 Å². The Labute approximate surface area is 241 Å². The molecule has 3 heterocycles. The first kappa shape index (κ1) is 26.9. The summed E-state index contributed by atoms with van der Waals surface area (Å²) in [5.74, 6) is -0.199. The van der Waals surface area contributed by atoms with Crippen LogP contribution in [0.3, 0.4) is 0 Å². The van der Waals surface area contributed by atoms with E-state index < -0.39 is 5.97 Å². The molecule has 1 fully saturated rings. The average molecular weight is 546 g/mol. The summed E-state index contributed by atoms with van der Waals surface area (Å²) in [4.78, 5) is 26.1. The Balaban J connectivity index is 1.09. The highest BCUT2D eigenvalue weighted by Gasteiger charge is 2.19. The minimum Gasteiger partial charge on any atom is -0.478 e. The highest BCUT2D eigenvalue weighted by molar-refractivity contribution is 5.95. The summed E-state index contributed by atoms with van der Waals surface area (Å²) in [5, 5.41) is 13.0. The van der Waals surface area contributed by atoms with Gasteiger partial charge >= 0.3 is 5.97 Å². The van der Waals surface area contributed by atoms with Gasteiger partial charge in [0.05, 0.1) is 23.6 Å². The first-order valence-electron chi connectivity index (χ1n) is 14.4. The molecule has 1 saturated heterocycles. The third kappa shape index (κ3) is 6.37. The molecule has 208 valence electrons. The van der Waals surface area contributed by atoms with Crippen molar-refractivity contribution in [2.75, 3.05) is 50.7 Å². The maximum Gasteiger partial charge on any atom is 0.336 e. The fourth-order valence-corrected chi connectivity index (χ4v) is 5.65. The van der Waals surface area contributed by atoms with Crippen molar-refractivity contribution in [2.24, 2.45) is 0 Å². The largest absolute Gasteiger partial charge is 0.478 e. The molecule has 0 radical (unpaired) electrons. The van der Waals surface area contributed by atoms with E-state index in [4.69, 9.17) is 0 Å². The lowest BCUT2D eigenvalue weighted by molar-refractivity contribution is 0.0696. The zero-order chi connectivity index (χ0) is 28.0. The van der Waals surface area contributed by atoms with Crippen LogP contribution in [0.4, 0.5) is 5.69 Å². The fraction of sp³-hybridized carbons (Fsp3) is 0.265. The predicted molar refractivity (Wildman–Crippen MR) is 164 cm³/mol. The molecule has 3 aromatic carbocycles. The predicted octanol–water partition coefficient (Wildman–Crippen LogP) is 5.25. The van der Waals surface area contributed by atoms with Crippen LogP contribution in [0.1, 0.15) is 27.9 Å². The van der Waals surface area contributed by atoms with Crippen molar-refractivity contribution < 1.29 is 9.90 Å². The zero-order valence-corrected chi connectivity index (χ0v) is 23.2. The van der Waals surface area contributed by atoms with E-state index in [1.807, 2.05) is 36.7 Å². The van der Waals surface area contributed by atoms with Crippen LogP contribution in [0.15, 0.2) is 91.3 Å². The molecule has 41 heavy (non-hydrogen) atoms. The summed E-state index contributed by atoms with van der Waals surface area (Å²) < 4.78 is 0. The van der Waals surface area contributed by atoms with Crippen LogP contribution in [0.5, 0.6) is 0 Å². The molecule has 2 aliphatic heterocycles. The van der Waals surface area contributed by atoms with E-state index in [0.717, 1.165) is 92.2 Å². The average Bonchev–Trinajstić information content (AvgIpc) is 3.05. The summed E-state index contributed by atoms with van der Waals surface area (Å²) >= 11 is 0. The molecule has 0 aliphatic carbocycles. The lowest BCUT2D eigenvalue weighted by Gasteiger charge is -2.35. The molecule has 6 rings (SSSR count). The minimum absolute atomic E-state index is 0.348. The van der Waals surface area contributed by atoms with E-state index in [-0.39, 0.29) is 0 Å². The molecule has 0 atom stereocenters. The number of hydrogen-bond donors (Lipinski definition) is 2. The Morgan fingerprint density at radius 2 is 1.56 bits per heavy atom. The van der Waals surface area contributed by atoms with E-state index in [2.05, 4.69) is 73.6 Å². The molecule has 0 bridgehead atoms. The Kier molecular flexibility index (Phi) is 8.16. The minimum atomic E-state index is -0.896. The number of carboxylic acids is 1. The second-order valence-corrected chi connectivity index (χ2v) is 10.7. The van der Waals surface area contributed by atoms with Gasteiger partial charge in [0.1, 0.15) is 0 Å². The van der Waals surface area contributed by atoms with Gasteiger partial charge in [-0.2, -0.15) is 0 Å². The normalized spacial score (nSPS) is 15.9. The van der Waals surface area contributed by atoms with Crippen molar-refractivity contribution in [1.82, 2.24) is 20.2 Å². The second-order valence-electron chi connectivity index (χ2n) is 10.7. The van der Waals surface area contributed by atoms with E-state index in [1.165, 1.54) is 5.56 Å². The third-order valence-electron chi connectivity index (χ3n) is 8.07. The number of nitrogens with zero attached hydrogens (tertiary/aromatic N) is 4. The summed E-state index contributed by atoms with van der Waals surface area (Å²) in [6.07, 6.45) is 7.85. The molecule has 0 spiro atoms. The van der Waals surface area contributed by atoms with Gasteiger partial charge in [-0.25, -0.2) is 14.8 Å². The number of carboxylic acid groups (broad SMARTS) is 1. The third-order valence-corrected chi connectivity index (χ3v) is 8.07. The summed E-state index contributed by atoms with van der Waals surface area (Å²) in [6.45, 7) is 6.73. The number of carbonyl (C=O) groups is 1. The van der Waals surface area contributed by atoms with Crippen molar-refractivity contribution in [3.8, 4) is 22.5 Å². The Bertz CT molecular complexity index is 1510. The van der Waals surface area contributed by atoms with Gasteiger partial charge in [-0.3, -0.25) is 4.90 Å². The van der Waals surface area contributed by atoms with Crippen molar-refractivity contribution in [3.63, 3.8) is 0 Å². The molecular weight excluding hydrogens is 510 g/mol. The van der Waals surface area contributed by atoms with E-state index in [9.17, 15) is 9.90 Å². The maximum atomic E-state index is 11.9. The van der Waals surface area contributed by atoms with Gasteiger partial charge < -0.3 is 15.3 Å². The lowest BCUT2D eigenvalue weighted by Crippen LogP contribution is -2.47. The molecule has 2 N–H and O–H groups in total. The zero-order valence-electron chi connectivity index (χ0n) is 23.2. The maximum absolute atomic E-state index is 11.9. The number of benzene rings is 3. The van der Waals surface area contributed by atoms with E-state index in [0.29, 0.717) is 11.4 Å². The topological polar surface area (TPSA) is 81.6 Å². The van der Waals surface area contributed by atoms with Crippen molar-refractivity contribution in [1.29, 1.82) is 0 Å². The number of aromatic nitrogens is 2. The van der Waals surface area contributed by atoms with Gasteiger partial charge in [0.25, 0.3) is 0 Å². The molecule has 4 aromatic rings. The van der Waals surface area contributed by atoms with Gasteiger partial charge in [0, 0.05) is 44.8 Å². The van der Waals surface area contributed by atoms with Crippen LogP contribution in [0.25, 0.3) is 28.1 Å². The van der Waals surface area contributed by atoms with Crippen molar-refractivity contribution >= 4 is 17.2 Å². The number of aromatic carboxylic acids is 1. The number of nitrogens with one attached hydrogen (secondary N) is 1. The molecule has 0 unspecified atom stereocenters. The number of hydrogen-bond acceptors (Lipinski definition) is 6. The Hall–Kier alpha value is -4.33. The molecular formula is C34H35N5O2. The summed E-state index contributed by atoms with van der Waals surface area (Å²) in [7, 11) is 0. The standard InChI is InChI=1S/C34H35N5O2/c40-34(41)31-11-10-29(22-32(31)27-12-15-35-16-13-27)26-6-8-28(9-7-26)33-36-23-30(24-37-33)39-20-18-38(19-21-39)17-14-25-4-2-1-3-5-25/h1-12,22-24,35H,13-21H2,(H,40,41). The molecule has 0 amide bonds. The highest BCUT2D eigenvalue weighted by atomic mass is 16.4. The van der Waals surface area contributed by atoms with Gasteiger partial charge in [-0.15, -0.1) is 0 Å². The molecule has 1 aromatic heterocycles. The van der Waals surface area contributed by atoms with Gasteiger partial charge in [-0.1, -0.05) is 66.7 Å². The smallest absolute Gasteiger partial charge is 0.336 e. The van der Waals surface area contributed by atoms with Gasteiger partial charge in [-0.05, 0) is 59.3 Å². The Morgan fingerprint density at radius 3 is 2.24 bits per heavy atom. The lowest BCUT2D eigenvalue weighted by atomic mass is 9.91. The van der Waals surface area contributed by atoms with Crippen LogP contribution in [-0.4, -0.2) is 71.8 Å². The summed E-state index contributed by atoms with van der Waals surface area (Å²) in [6, 6.07) is 24.5. The number of anilines is 1. The number of piperazine rings is 1. The second kappa shape index (κ2) is 12.5.